The number of amides is 1. The van der Waals surface area contributed by atoms with Crippen molar-refractivity contribution in [3.05, 3.63) is 65.5 Å². The van der Waals surface area contributed by atoms with Crippen LogP contribution in [-0.2, 0) is 4.79 Å². The molecule has 2 N–H and O–H groups in total. The number of hydrogen-bond acceptors (Lipinski definition) is 3. The highest BCUT2D eigenvalue weighted by Gasteiger charge is 2.46. The second-order valence-electron chi connectivity index (χ2n) is 6.55. The summed E-state index contributed by atoms with van der Waals surface area (Å²) in [4.78, 5) is 12.8. The van der Waals surface area contributed by atoms with Gasteiger partial charge in [-0.1, -0.05) is 30.3 Å². The van der Waals surface area contributed by atoms with Crippen LogP contribution in [-0.4, -0.2) is 23.1 Å². The minimum Gasteiger partial charge on any atom is -0.351 e. The van der Waals surface area contributed by atoms with Crippen LogP contribution in [0, 0.1) is 12.7 Å². The van der Waals surface area contributed by atoms with Crippen LogP contribution < -0.4 is 10.4 Å². The average molecular weight is 364 g/mol. The van der Waals surface area contributed by atoms with E-state index in [9.17, 15) is 23.2 Å². The molecule has 2 aromatic carbocycles. The van der Waals surface area contributed by atoms with Gasteiger partial charge in [0.2, 0.25) is 5.91 Å². The van der Waals surface area contributed by atoms with E-state index in [4.69, 9.17) is 0 Å². The summed E-state index contributed by atoms with van der Waals surface area (Å²) >= 11 is 0. The molecule has 1 amide bonds. The number of aryl methyl sites for hydroxylation is 1. The smallest absolute Gasteiger partial charge is 0.252 e. The molecule has 1 saturated carbocycles. The van der Waals surface area contributed by atoms with Crippen molar-refractivity contribution in [3.63, 3.8) is 0 Å². The van der Waals surface area contributed by atoms with E-state index in [-0.39, 0.29) is 5.69 Å². The number of carbonyl (C=O) groups excluding carboxylic acids is 1. The van der Waals surface area contributed by atoms with E-state index < -0.39 is 42.6 Å². The third-order valence-corrected chi connectivity index (χ3v) is 4.49. The molecule has 4 nitrogen and oxygen atoms in total. The molecule has 2 aromatic rings. The van der Waals surface area contributed by atoms with Crippen LogP contribution in [0.25, 0.3) is 0 Å². The third-order valence-electron chi connectivity index (χ3n) is 4.49. The van der Waals surface area contributed by atoms with Gasteiger partial charge in [-0.3, -0.25) is 10.0 Å². The van der Waals surface area contributed by atoms with Crippen molar-refractivity contribution in [1.29, 1.82) is 0 Å². The molecule has 0 radical (unpaired) electrons. The number of benzene rings is 2. The molecule has 0 bridgehead atoms. The van der Waals surface area contributed by atoms with E-state index in [0.717, 1.165) is 11.6 Å². The first kappa shape index (κ1) is 18.3. The van der Waals surface area contributed by atoms with E-state index in [0.29, 0.717) is 10.6 Å². The number of nitrogens with one attached hydrogen (secondary N) is 1. The molecule has 1 aliphatic rings. The normalized spacial score (nSPS) is 17.3. The standard InChI is InChI=1S/C19H19F3N2O2/c1-12-5-2-3-8-16(12)17(18(25)23-14-10-19(21,22)11-14)24(26)15-7-4-6-13(20)9-15/h2-9,14,17,26H,10-11H2,1H3,(H,23,25)/t17-/m1/s1. The van der Waals surface area contributed by atoms with Crippen LogP contribution in [0.3, 0.4) is 0 Å². The Kier molecular flexibility index (Phi) is 4.91. The molecule has 0 saturated heterocycles. The number of nitrogens with zero attached hydrogens (tertiary/aromatic N) is 1. The Bertz CT molecular complexity index is 805. The quantitative estimate of drug-likeness (QED) is 0.789. The fourth-order valence-corrected chi connectivity index (χ4v) is 3.09. The molecule has 0 unspecified atom stereocenters. The van der Waals surface area contributed by atoms with Crippen LogP contribution in [0.4, 0.5) is 18.9 Å². The zero-order valence-corrected chi connectivity index (χ0v) is 14.1. The van der Waals surface area contributed by atoms with E-state index in [2.05, 4.69) is 5.32 Å². The maximum atomic E-state index is 13.5. The second kappa shape index (κ2) is 6.99. The van der Waals surface area contributed by atoms with Gasteiger partial charge in [0.15, 0.2) is 6.04 Å². The Hall–Kier alpha value is -2.54. The van der Waals surface area contributed by atoms with E-state index >= 15 is 0 Å². The summed E-state index contributed by atoms with van der Waals surface area (Å²) in [6, 6.07) is 10.3. The molecule has 0 heterocycles. The van der Waals surface area contributed by atoms with Gasteiger partial charge in [0.25, 0.3) is 5.92 Å². The molecule has 138 valence electrons. The van der Waals surface area contributed by atoms with Crippen LogP contribution in [0.5, 0.6) is 0 Å². The predicted octanol–water partition coefficient (Wildman–Crippen LogP) is 3.98. The molecular weight excluding hydrogens is 345 g/mol. The fourth-order valence-electron chi connectivity index (χ4n) is 3.09. The van der Waals surface area contributed by atoms with Crippen LogP contribution in [0.2, 0.25) is 0 Å². The first-order valence-electron chi connectivity index (χ1n) is 8.24. The summed E-state index contributed by atoms with van der Waals surface area (Å²) in [5, 5.41) is 13.8. The summed E-state index contributed by atoms with van der Waals surface area (Å²) in [5.74, 6) is -3.95. The Morgan fingerprint density at radius 3 is 2.54 bits per heavy atom. The number of hydroxylamine groups is 1. The largest absolute Gasteiger partial charge is 0.351 e. The zero-order chi connectivity index (χ0) is 18.9. The van der Waals surface area contributed by atoms with Gasteiger partial charge in [-0.25, -0.2) is 18.2 Å². The van der Waals surface area contributed by atoms with Crippen molar-refractivity contribution >= 4 is 11.6 Å². The second-order valence-corrected chi connectivity index (χ2v) is 6.55. The molecule has 1 fully saturated rings. The number of alkyl halides is 2. The van der Waals surface area contributed by atoms with Crippen molar-refractivity contribution in [3.8, 4) is 0 Å². The SMILES string of the molecule is Cc1ccccc1[C@H](C(=O)NC1CC(F)(F)C1)N(O)c1cccc(F)c1. The number of anilines is 1. The Morgan fingerprint density at radius 2 is 1.92 bits per heavy atom. The van der Waals surface area contributed by atoms with Crippen molar-refractivity contribution in [2.24, 2.45) is 0 Å². The van der Waals surface area contributed by atoms with E-state index in [1.807, 2.05) is 0 Å². The average Bonchev–Trinajstić information content (AvgIpc) is 2.55. The number of halogens is 3. The topological polar surface area (TPSA) is 52.6 Å². The van der Waals surface area contributed by atoms with E-state index in [1.165, 1.54) is 18.2 Å². The van der Waals surface area contributed by atoms with Gasteiger partial charge in [0.1, 0.15) is 5.82 Å². The van der Waals surface area contributed by atoms with Crippen LogP contribution >= 0.6 is 0 Å². The Labute approximate surface area is 149 Å². The highest BCUT2D eigenvalue weighted by molar-refractivity contribution is 5.86. The molecule has 0 spiro atoms. The Morgan fingerprint density at radius 1 is 1.23 bits per heavy atom. The summed E-state index contributed by atoms with van der Waals surface area (Å²) in [7, 11) is 0. The maximum absolute atomic E-state index is 13.5. The molecule has 7 heteroatoms. The van der Waals surface area contributed by atoms with Gasteiger partial charge < -0.3 is 5.32 Å². The minimum absolute atomic E-state index is 0.0901. The fraction of sp³-hybridized carbons (Fsp3) is 0.316. The highest BCUT2D eigenvalue weighted by Crippen LogP contribution is 2.38. The Balaban J connectivity index is 1.89. The molecule has 1 atom stereocenters. The molecule has 0 aliphatic heterocycles. The van der Waals surface area contributed by atoms with Gasteiger partial charge >= 0.3 is 0 Å². The molecule has 0 aromatic heterocycles. The zero-order valence-electron chi connectivity index (χ0n) is 14.1. The summed E-state index contributed by atoms with van der Waals surface area (Å²) in [6.45, 7) is 1.77. The number of rotatable bonds is 5. The first-order chi connectivity index (χ1) is 12.3. The van der Waals surface area contributed by atoms with Crippen molar-refractivity contribution in [1.82, 2.24) is 5.32 Å². The van der Waals surface area contributed by atoms with Crippen LogP contribution in [0.1, 0.15) is 30.0 Å². The summed E-state index contributed by atoms with van der Waals surface area (Å²) < 4.78 is 39.6. The lowest BCUT2D eigenvalue weighted by molar-refractivity contribution is -0.131. The van der Waals surface area contributed by atoms with Gasteiger partial charge in [0.05, 0.1) is 5.69 Å². The van der Waals surface area contributed by atoms with Gasteiger partial charge in [-0.2, -0.15) is 0 Å². The molecule has 1 aliphatic carbocycles. The third kappa shape index (κ3) is 3.83. The van der Waals surface area contributed by atoms with Gasteiger partial charge in [0, 0.05) is 18.9 Å². The van der Waals surface area contributed by atoms with Crippen molar-refractivity contribution < 1.29 is 23.2 Å². The van der Waals surface area contributed by atoms with Gasteiger partial charge in [-0.15, -0.1) is 0 Å². The van der Waals surface area contributed by atoms with E-state index in [1.54, 1.807) is 31.2 Å². The highest BCUT2D eigenvalue weighted by atomic mass is 19.3. The molecule has 3 rings (SSSR count). The molecular formula is C19H19F3N2O2. The van der Waals surface area contributed by atoms with Crippen LogP contribution in [0.15, 0.2) is 48.5 Å². The predicted molar refractivity (Wildman–Crippen MR) is 90.7 cm³/mol. The molecule has 26 heavy (non-hydrogen) atoms. The van der Waals surface area contributed by atoms with Crippen molar-refractivity contribution in [2.45, 2.75) is 37.8 Å². The first-order valence-corrected chi connectivity index (χ1v) is 8.24. The summed E-state index contributed by atoms with van der Waals surface area (Å²) in [5.41, 5.74) is 1.33. The van der Waals surface area contributed by atoms with Crippen molar-refractivity contribution in [2.75, 3.05) is 5.06 Å². The minimum atomic E-state index is -2.77. The lowest BCUT2D eigenvalue weighted by Crippen LogP contribution is -2.53. The number of carbonyl (C=O) groups is 1. The number of hydrogen-bond donors (Lipinski definition) is 2. The lowest BCUT2D eigenvalue weighted by atomic mass is 9.87. The summed E-state index contributed by atoms with van der Waals surface area (Å²) in [6.07, 6.45) is -0.852. The monoisotopic (exact) mass is 364 g/mol. The van der Waals surface area contributed by atoms with Gasteiger partial charge in [-0.05, 0) is 36.2 Å². The maximum Gasteiger partial charge on any atom is 0.252 e. The lowest BCUT2D eigenvalue weighted by Gasteiger charge is -2.37.